The van der Waals surface area contributed by atoms with Crippen molar-refractivity contribution in [2.24, 2.45) is 17.8 Å². The van der Waals surface area contributed by atoms with Gasteiger partial charge in [-0.2, -0.15) is 0 Å². The van der Waals surface area contributed by atoms with Gasteiger partial charge in [0.2, 0.25) is 0 Å². The quantitative estimate of drug-likeness (QED) is 0.566. The topological polar surface area (TPSA) is 26.3 Å². The van der Waals surface area contributed by atoms with E-state index in [0.29, 0.717) is 11.8 Å². The Hall–Kier alpha value is -0.370. The predicted octanol–water partition coefficient (Wildman–Crippen LogP) is 1.49. The zero-order chi connectivity index (χ0) is 8.43. The Morgan fingerprint density at radius 3 is 2.55 bits per heavy atom. The first kappa shape index (κ1) is 8.72. The van der Waals surface area contributed by atoms with Crippen molar-refractivity contribution < 1.29 is 9.53 Å². The van der Waals surface area contributed by atoms with Gasteiger partial charge in [-0.15, -0.1) is 0 Å². The zero-order valence-corrected chi connectivity index (χ0v) is 7.41. The summed E-state index contributed by atoms with van der Waals surface area (Å²) < 4.78 is 5.50. The van der Waals surface area contributed by atoms with Gasteiger partial charge in [-0.1, -0.05) is 20.8 Å². The van der Waals surface area contributed by atoms with E-state index in [4.69, 9.17) is 4.74 Å². The highest BCUT2D eigenvalue weighted by Crippen LogP contribution is 2.29. The predicted molar refractivity (Wildman–Crippen MR) is 43.3 cm³/mol. The monoisotopic (exact) mass is 156 g/mol. The van der Waals surface area contributed by atoms with Gasteiger partial charge in [0.15, 0.2) is 0 Å². The van der Waals surface area contributed by atoms with Crippen molar-refractivity contribution in [3.05, 3.63) is 0 Å². The van der Waals surface area contributed by atoms with Crippen LogP contribution in [0.2, 0.25) is 0 Å². The van der Waals surface area contributed by atoms with Crippen molar-refractivity contribution in [1.82, 2.24) is 0 Å². The summed E-state index contributed by atoms with van der Waals surface area (Å²) in [5.41, 5.74) is 0. The third kappa shape index (κ3) is 1.62. The Morgan fingerprint density at radius 1 is 1.55 bits per heavy atom. The van der Waals surface area contributed by atoms with E-state index in [1.807, 2.05) is 6.92 Å². The first-order chi connectivity index (χ1) is 5.16. The molecule has 0 bridgehead atoms. The van der Waals surface area contributed by atoms with Crippen LogP contribution < -0.4 is 0 Å². The number of carbonyl (C=O) groups excluding carboxylic acids is 1. The van der Waals surface area contributed by atoms with Gasteiger partial charge in [0, 0.05) is 12.5 Å². The molecule has 0 saturated carbocycles. The van der Waals surface area contributed by atoms with Gasteiger partial charge in [0.25, 0.3) is 0 Å². The lowest BCUT2D eigenvalue weighted by molar-refractivity contribution is -0.114. The Balaban J connectivity index is 2.54. The fourth-order valence-corrected chi connectivity index (χ4v) is 1.60. The second-order valence-electron chi connectivity index (χ2n) is 3.63. The Kier molecular flexibility index (Phi) is 2.66. The normalized spacial score (nSPS) is 40.5. The molecule has 1 aliphatic rings. The highest BCUT2D eigenvalue weighted by atomic mass is 16.5. The van der Waals surface area contributed by atoms with E-state index in [9.17, 15) is 4.79 Å². The Bertz CT molecular complexity index is 144. The maximum atomic E-state index is 10.5. The van der Waals surface area contributed by atoms with Crippen LogP contribution in [-0.2, 0) is 9.53 Å². The van der Waals surface area contributed by atoms with Crippen molar-refractivity contribution in [3.8, 4) is 0 Å². The standard InChI is InChI=1S/C9H16O2/c1-6(4-10)9-8(3)7(2)5-11-9/h4,6-9H,5H2,1-3H3. The van der Waals surface area contributed by atoms with Crippen molar-refractivity contribution in [1.29, 1.82) is 0 Å². The smallest absolute Gasteiger partial charge is 0.125 e. The molecule has 1 fully saturated rings. The van der Waals surface area contributed by atoms with E-state index in [1.165, 1.54) is 0 Å². The van der Waals surface area contributed by atoms with Crippen LogP contribution in [0.15, 0.2) is 0 Å². The van der Waals surface area contributed by atoms with E-state index in [-0.39, 0.29) is 12.0 Å². The average molecular weight is 156 g/mol. The van der Waals surface area contributed by atoms with Crippen LogP contribution >= 0.6 is 0 Å². The molecule has 0 N–H and O–H groups in total. The molecule has 0 aliphatic carbocycles. The van der Waals surface area contributed by atoms with Crippen molar-refractivity contribution in [2.75, 3.05) is 6.61 Å². The lowest BCUT2D eigenvalue weighted by Crippen LogP contribution is -2.25. The summed E-state index contributed by atoms with van der Waals surface area (Å²) in [6, 6.07) is 0. The number of hydrogen-bond acceptors (Lipinski definition) is 2. The molecule has 4 unspecified atom stereocenters. The van der Waals surface area contributed by atoms with Crippen LogP contribution in [0.5, 0.6) is 0 Å². The largest absolute Gasteiger partial charge is 0.377 e. The molecule has 64 valence electrons. The summed E-state index contributed by atoms with van der Waals surface area (Å²) in [7, 11) is 0. The molecule has 0 amide bonds. The van der Waals surface area contributed by atoms with Gasteiger partial charge in [-0.05, 0) is 11.8 Å². The summed E-state index contributed by atoms with van der Waals surface area (Å²) in [5, 5.41) is 0. The van der Waals surface area contributed by atoms with Crippen molar-refractivity contribution in [2.45, 2.75) is 26.9 Å². The molecule has 0 radical (unpaired) electrons. The minimum absolute atomic E-state index is 0.0509. The summed E-state index contributed by atoms with van der Waals surface area (Å²) >= 11 is 0. The molecule has 4 atom stereocenters. The third-order valence-electron chi connectivity index (χ3n) is 2.70. The lowest BCUT2D eigenvalue weighted by Gasteiger charge is -2.18. The molecule has 2 nitrogen and oxygen atoms in total. The fourth-order valence-electron chi connectivity index (χ4n) is 1.60. The highest BCUT2D eigenvalue weighted by molar-refractivity contribution is 5.53. The number of aldehydes is 1. The second-order valence-corrected chi connectivity index (χ2v) is 3.63. The van der Waals surface area contributed by atoms with E-state index in [2.05, 4.69) is 13.8 Å². The molecule has 0 spiro atoms. The van der Waals surface area contributed by atoms with E-state index in [1.54, 1.807) is 0 Å². The van der Waals surface area contributed by atoms with Gasteiger partial charge >= 0.3 is 0 Å². The number of rotatable bonds is 2. The molecule has 0 aromatic heterocycles. The summed E-state index contributed by atoms with van der Waals surface area (Å²) in [6.45, 7) is 7.06. The van der Waals surface area contributed by atoms with Gasteiger partial charge in [-0.3, -0.25) is 0 Å². The van der Waals surface area contributed by atoms with Gasteiger partial charge in [-0.25, -0.2) is 0 Å². The van der Waals surface area contributed by atoms with Crippen molar-refractivity contribution in [3.63, 3.8) is 0 Å². The molecule has 2 heteroatoms. The average Bonchev–Trinajstić information content (AvgIpc) is 2.32. The van der Waals surface area contributed by atoms with E-state index in [0.717, 1.165) is 12.9 Å². The minimum Gasteiger partial charge on any atom is -0.377 e. The Labute approximate surface area is 67.9 Å². The van der Waals surface area contributed by atoms with Crippen LogP contribution in [-0.4, -0.2) is 19.0 Å². The molecule has 0 aromatic rings. The van der Waals surface area contributed by atoms with Gasteiger partial charge < -0.3 is 9.53 Å². The molecule has 1 aliphatic heterocycles. The highest BCUT2D eigenvalue weighted by Gasteiger charge is 2.34. The van der Waals surface area contributed by atoms with E-state index >= 15 is 0 Å². The first-order valence-corrected chi connectivity index (χ1v) is 4.23. The number of hydrogen-bond donors (Lipinski definition) is 0. The number of ether oxygens (including phenoxy) is 1. The SMILES string of the molecule is CC(C=O)C1OCC(C)C1C. The third-order valence-corrected chi connectivity index (χ3v) is 2.70. The van der Waals surface area contributed by atoms with Crippen molar-refractivity contribution >= 4 is 6.29 Å². The maximum absolute atomic E-state index is 10.5. The Morgan fingerprint density at radius 2 is 2.18 bits per heavy atom. The first-order valence-electron chi connectivity index (χ1n) is 4.23. The van der Waals surface area contributed by atoms with E-state index < -0.39 is 0 Å². The fraction of sp³-hybridized carbons (Fsp3) is 0.889. The van der Waals surface area contributed by atoms with Crippen LogP contribution in [0.1, 0.15) is 20.8 Å². The molecule has 1 saturated heterocycles. The molecular weight excluding hydrogens is 140 g/mol. The maximum Gasteiger partial charge on any atom is 0.125 e. The molecule has 1 heterocycles. The van der Waals surface area contributed by atoms with Crippen LogP contribution in [0.3, 0.4) is 0 Å². The summed E-state index contributed by atoms with van der Waals surface area (Å²) in [6.07, 6.45) is 1.14. The van der Waals surface area contributed by atoms with Gasteiger partial charge in [0.1, 0.15) is 6.29 Å². The molecule has 11 heavy (non-hydrogen) atoms. The molecular formula is C9H16O2. The zero-order valence-electron chi connectivity index (χ0n) is 7.41. The van der Waals surface area contributed by atoms with Crippen LogP contribution in [0, 0.1) is 17.8 Å². The summed E-state index contributed by atoms with van der Waals surface area (Å²) in [5.74, 6) is 1.17. The lowest BCUT2D eigenvalue weighted by atomic mass is 9.88. The van der Waals surface area contributed by atoms with Crippen LogP contribution in [0.4, 0.5) is 0 Å². The minimum atomic E-state index is 0.0509. The second kappa shape index (κ2) is 3.35. The molecule has 1 rings (SSSR count). The number of carbonyl (C=O) groups is 1. The summed E-state index contributed by atoms with van der Waals surface area (Å²) in [4.78, 5) is 10.5. The van der Waals surface area contributed by atoms with Crippen LogP contribution in [0.25, 0.3) is 0 Å². The molecule has 0 aromatic carbocycles. The van der Waals surface area contributed by atoms with Gasteiger partial charge in [0.05, 0.1) is 6.10 Å².